The van der Waals surface area contributed by atoms with Crippen LogP contribution >= 0.6 is 0 Å². The molecule has 2 aromatic rings. The van der Waals surface area contributed by atoms with Crippen LogP contribution in [0.5, 0.6) is 0 Å². The minimum atomic E-state index is 0.595. The lowest BCUT2D eigenvalue weighted by molar-refractivity contribution is 0.0376. The van der Waals surface area contributed by atoms with Crippen molar-refractivity contribution in [3.63, 3.8) is 0 Å². The van der Waals surface area contributed by atoms with Crippen molar-refractivity contribution in [2.45, 2.75) is 46.6 Å². The van der Waals surface area contributed by atoms with Gasteiger partial charge in [-0.05, 0) is 44.5 Å². The predicted molar refractivity (Wildman–Crippen MR) is 132 cm³/mol. The first kappa shape index (κ1) is 24.7. The molecule has 0 spiro atoms. The average molecular weight is 443 g/mol. The number of aromatic nitrogens is 3. The molecule has 3 heterocycles. The quantitative estimate of drug-likeness (QED) is 0.508. The van der Waals surface area contributed by atoms with Gasteiger partial charge in [0, 0.05) is 56.6 Å². The van der Waals surface area contributed by atoms with Gasteiger partial charge in [0.25, 0.3) is 0 Å². The number of morpholine rings is 1. The van der Waals surface area contributed by atoms with E-state index < -0.39 is 0 Å². The molecule has 0 atom stereocenters. The van der Waals surface area contributed by atoms with E-state index in [9.17, 15) is 0 Å². The van der Waals surface area contributed by atoms with Gasteiger partial charge in [0.05, 0.1) is 25.1 Å². The molecular weight excluding hydrogens is 400 g/mol. The van der Waals surface area contributed by atoms with Gasteiger partial charge in [0.1, 0.15) is 5.82 Å². The standard InChI is InChI=1S/C25H42N6O/c1-5-6-10-29(4)20-23-18-27-28-25(23)22-8-9-24(26-17-22)31(19-21(2)3)12-7-11-30-13-15-32-16-14-30/h8-9,17-18,21H,5-7,10-16,19-20H2,1-4H3,(H,27,28). The number of H-pyrrole nitrogens is 1. The van der Waals surface area contributed by atoms with Crippen molar-refractivity contribution in [1.82, 2.24) is 25.0 Å². The van der Waals surface area contributed by atoms with Crippen molar-refractivity contribution in [2.24, 2.45) is 5.92 Å². The first-order valence-corrected chi connectivity index (χ1v) is 12.3. The summed E-state index contributed by atoms with van der Waals surface area (Å²) in [6.07, 6.45) is 7.52. The van der Waals surface area contributed by atoms with Gasteiger partial charge in [0.15, 0.2) is 0 Å². The Morgan fingerprint density at radius 2 is 1.94 bits per heavy atom. The Balaban J connectivity index is 1.62. The van der Waals surface area contributed by atoms with Crippen LogP contribution in [0.15, 0.2) is 24.5 Å². The van der Waals surface area contributed by atoms with Crippen molar-refractivity contribution in [3.05, 3.63) is 30.1 Å². The summed E-state index contributed by atoms with van der Waals surface area (Å²) in [5.41, 5.74) is 3.40. The zero-order valence-corrected chi connectivity index (χ0v) is 20.5. The Kier molecular flexibility index (Phi) is 9.96. The summed E-state index contributed by atoms with van der Waals surface area (Å²) in [7, 11) is 2.18. The summed E-state index contributed by atoms with van der Waals surface area (Å²) < 4.78 is 5.47. The SMILES string of the molecule is CCCCN(C)Cc1cn[nH]c1-c1ccc(N(CCCN2CCOCC2)CC(C)C)nc1. The monoisotopic (exact) mass is 442 g/mol. The number of hydrogen-bond acceptors (Lipinski definition) is 6. The van der Waals surface area contributed by atoms with Crippen molar-refractivity contribution >= 4 is 5.82 Å². The molecular formula is C25H42N6O. The van der Waals surface area contributed by atoms with E-state index in [1.165, 1.54) is 18.4 Å². The molecule has 0 unspecified atom stereocenters. The molecule has 0 saturated carbocycles. The van der Waals surface area contributed by atoms with E-state index in [0.717, 1.165) is 82.5 Å². The fourth-order valence-electron chi connectivity index (χ4n) is 4.25. The lowest BCUT2D eigenvalue weighted by Crippen LogP contribution is -2.38. The number of anilines is 1. The summed E-state index contributed by atoms with van der Waals surface area (Å²) in [5.74, 6) is 1.66. The number of pyridine rings is 1. The predicted octanol–water partition coefficient (Wildman–Crippen LogP) is 3.89. The van der Waals surface area contributed by atoms with Gasteiger partial charge in [-0.1, -0.05) is 27.2 Å². The van der Waals surface area contributed by atoms with Crippen LogP contribution in [0.1, 0.15) is 45.6 Å². The number of ether oxygens (including phenoxy) is 1. The van der Waals surface area contributed by atoms with Crippen molar-refractivity contribution in [1.29, 1.82) is 0 Å². The van der Waals surface area contributed by atoms with Crippen LogP contribution < -0.4 is 4.90 Å². The second-order valence-corrected chi connectivity index (χ2v) is 9.41. The molecule has 7 heteroatoms. The highest BCUT2D eigenvalue weighted by Gasteiger charge is 2.15. The maximum atomic E-state index is 5.47. The maximum Gasteiger partial charge on any atom is 0.128 e. The minimum Gasteiger partial charge on any atom is -0.379 e. The van der Waals surface area contributed by atoms with Crippen molar-refractivity contribution in [2.75, 3.05) is 64.4 Å². The summed E-state index contributed by atoms with van der Waals surface area (Å²) in [5, 5.41) is 7.50. The smallest absolute Gasteiger partial charge is 0.128 e. The van der Waals surface area contributed by atoms with Gasteiger partial charge in [0.2, 0.25) is 0 Å². The highest BCUT2D eigenvalue weighted by atomic mass is 16.5. The van der Waals surface area contributed by atoms with Gasteiger partial charge in [-0.3, -0.25) is 10.00 Å². The largest absolute Gasteiger partial charge is 0.379 e. The highest BCUT2D eigenvalue weighted by Crippen LogP contribution is 2.24. The molecule has 0 aromatic carbocycles. The molecule has 1 aliphatic heterocycles. The molecule has 1 aliphatic rings. The van der Waals surface area contributed by atoms with Gasteiger partial charge < -0.3 is 14.5 Å². The van der Waals surface area contributed by atoms with E-state index in [2.05, 4.69) is 64.8 Å². The molecule has 1 fully saturated rings. The van der Waals surface area contributed by atoms with E-state index >= 15 is 0 Å². The number of nitrogens with zero attached hydrogens (tertiary/aromatic N) is 5. The second kappa shape index (κ2) is 12.9. The van der Waals surface area contributed by atoms with E-state index in [0.29, 0.717) is 5.92 Å². The van der Waals surface area contributed by atoms with Gasteiger partial charge >= 0.3 is 0 Å². The summed E-state index contributed by atoms with van der Waals surface area (Å²) in [6.45, 7) is 15.8. The fraction of sp³-hybridized carbons (Fsp3) is 0.680. The third-order valence-electron chi connectivity index (χ3n) is 6.00. The number of unbranched alkanes of at least 4 members (excludes halogenated alkanes) is 1. The summed E-state index contributed by atoms with van der Waals surface area (Å²) in [4.78, 5) is 12.2. The Morgan fingerprint density at radius 3 is 2.62 bits per heavy atom. The van der Waals surface area contributed by atoms with E-state index in [1.54, 1.807) is 0 Å². The number of rotatable bonds is 13. The first-order valence-electron chi connectivity index (χ1n) is 12.3. The molecule has 178 valence electrons. The number of nitrogens with one attached hydrogen (secondary N) is 1. The van der Waals surface area contributed by atoms with Crippen LogP contribution in [0, 0.1) is 5.92 Å². The van der Waals surface area contributed by atoms with Crippen LogP contribution in [0.4, 0.5) is 5.82 Å². The molecule has 7 nitrogen and oxygen atoms in total. The van der Waals surface area contributed by atoms with Crippen LogP contribution in [-0.4, -0.2) is 84.5 Å². The first-order chi connectivity index (χ1) is 15.6. The topological polar surface area (TPSA) is 60.5 Å². The van der Waals surface area contributed by atoms with E-state index in [1.807, 2.05) is 12.4 Å². The third-order valence-corrected chi connectivity index (χ3v) is 6.00. The molecule has 0 amide bonds. The van der Waals surface area contributed by atoms with E-state index in [-0.39, 0.29) is 0 Å². The van der Waals surface area contributed by atoms with Gasteiger partial charge in [-0.25, -0.2) is 4.98 Å². The summed E-state index contributed by atoms with van der Waals surface area (Å²) in [6, 6.07) is 4.35. The molecule has 0 radical (unpaired) electrons. The molecule has 1 saturated heterocycles. The van der Waals surface area contributed by atoms with Crippen LogP contribution in [0.25, 0.3) is 11.3 Å². The van der Waals surface area contributed by atoms with Crippen LogP contribution in [-0.2, 0) is 11.3 Å². The van der Waals surface area contributed by atoms with Crippen molar-refractivity contribution < 1.29 is 4.74 Å². The normalized spacial score (nSPS) is 15.1. The van der Waals surface area contributed by atoms with Crippen LogP contribution in [0.2, 0.25) is 0 Å². The molecule has 0 bridgehead atoms. The molecule has 0 aliphatic carbocycles. The highest BCUT2D eigenvalue weighted by molar-refractivity contribution is 5.63. The Labute approximate surface area is 194 Å². The molecule has 3 rings (SSSR count). The van der Waals surface area contributed by atoms with E-state index in [4.69, 9.17) is 9.72 Å². The molecule has 1 N–H and O–H groups in total. The maximum absolute atomic E-state index is 5.47. The lowest BCUT2D eigenvalue weighted by atomic mass is 10.1. The zero-order chi connectivity index (χ0) is 22.8. The van der Waals surface area contributed by atoms with Crippen LogP contribution in [0.3, 0.4) is 0 Å². The zero-order valence-electron chi connectivity index (χ0n) is 20.5. The van der Waals surface area contributed by atoms with Crippen molar-refractivity contribution in [3.8, 4) is 11.3 Å². The van der Waals surface area contributed by atoms with Gasteiger partial charge in [-0.15, -0.1) is 0 Å². The second-order valence-electron chi connectivity index (χ2n) is 9.41. The minimum absolute atomic E-state index is 0.595. The lowest BCUT2D eigenvalue weighted by Gasteiger charge is -2.29. The van der Waals surface area contributed by atoms with Gasteiger partial charge in [-0.2, -0.15) is 5.10 Å². The number of hydrogen-bond donors (Lipinski definition) is 1. The molecule has 32 heavy (non-hydrogen) atoms. The Hall–Kier alpha value is -1.96. The Morgan fingerprint density at radius 1 is 1.12 bits per heavy atom. The average Bonchev–Trinajstić information content (AvgIpc) is 3.25. The fourth-order valence-corrected chi connectivity index (χ4v) is 4.25. The molecule has 2 aromatic heterocycles. The summed E-state index contributed by atoms with van der Waals surface area (Å²) >= 11 is 0. The number of aromatic amines is 1. The Bertz CT molecular complexity index is 769. The third kappa shape index (κ3) is 7.57.